The van der Waals surface area contributed by atoms with E-state index in [-0.39, 0.29) is 6.04 Å². The Morgan fingerprint density at radius 2 is 1.96 bits per heavy atom. The van der Waals surface area contributed by atoms with Crippen molar-refractivity contribution in [2.24, 2.45) is 0 Å². The van der Waals surface area contributed by atoms with Gasteiger partial charge >= 0.3 is 0 Å². The Bertz CT molecular complexity index is 1020. The summed E-state index contributed by atoms with van der Waals surface area (Å²) in [5, 5.41) is 22.4. The van der Waals surface area contributed by atoms with Gasteiger partial charge in [-0.3, -0.25) is 9.36 Å². The fourth-order valence-corrected chi connectivity index (χ4v) is 3.71. The molecule has 0 saturated carbocycles. The second-order valence-electron chi connectivity index (χ2n) is 6.17. The first-order valence-corrected chi connectivity index (χ1v) is 10.1. The first kappa shape index (κ1) is 17.9. The lowest BCUT2D eigenvalue weighted by Gasteiger charge is -2.07. The van der Waals surface area contributed by atoms with Crippen LogP contribution in [-0.4, -0.2) is 29.8 Å². The molecule has 0 radical (unpaired) electrons. The lowest BCUT2D eigenvalue weighted by molar-refractivity contribution is 0.553. The van der Waals surface area contributed by atoms with Gasteiger partial charge in [-0.25, -0.2) is 0 Å². The quantitative estimate of drug-likeness (QED) is 0.477. The minimum absolute atomic E-state index is 0.0127. The molecule has 1 atom stereocenters. The van der Waals surface area contributed by atoms with Crippen LogP contribution in [0.3, 0.4) is 0 Å². The number of halogens is 1. The highest BCUT2D eigenvalue weighted by Gasteiger charge is 2.16. The van der Waals surface area contributed by atoms with Gasteiger partial charge in [0.25, 0.3) is 0 Å². The molecule has 4 rings (SSSR count). The van der Waals surface area contributed by atoms with E-state index in [9.17, 15) is 0 Å². The van der Waals surface area contributed by atoms with Crippen LogP contribution in [0, 0.1) is 6.92 Å². The highest BCUT2D eigenvalue weighted by atomic mass is 79.9. The molecular weight excluding hydrogens is 426 g/mol. The maximum atomic E-state index is 4.55. The molecule has 3 heterocycles. The van der Waals surface area contributed by atoms with Crippen LogP contribution in [0.4, 0.5) is 10.9 Å². The average Bonchev–Trinajstić information content (AvgIpc) is 3.38. The van der Waals surface area contributed by atoms with Crippen LogP contribution in [0.2, 0.25) is 0 Å². The van der Waals surface area contributed by atoms with E-state index in [0.29, 0.717) is 5.13 Å². The first-order valence-electron chi connectivity index (χ1n) is 8.47. The number of hydrogen-bond donors (Lipinski definition) is 1. The maximum Gasteiger partial charge on any atom is 0.211 e. The van der Waals surface area contributed by atoms with E-state index in [2.05, 4.69) is 60.7 Å². The molecule has 9 heteroatoms. The zero-order valence-corrected chi connectivity index (χ0v) is 17.3. The van der Waals surface area contributed by atoms with Crippen molar-refractivity contribution < 1.29 is 0 Å². The third-order valence-electron chi connectivity index (χ3n) is 4.11. The minimum Gasteiger partial charge on any atom is -0.313 e. The summed E-state index contributed by atoms with van der Waals surface area (Å²) in [6, 6.07) is 12.2. The predicted molar refractivity (Wildman–Crippen MR) is 109 cm³/mol. The van der Waals surface area contributed by atoms with Crippen LogP contribution in [-0.2, 0) is 6.54 Å². The predicted octanol–water partition coefficient (Wildman–Crippen LogP) is 4.40. The molecule has 0 spiro atoms. The number of aryl methyl sites for hydroxylation is 1. The molecule has 1 N–H and O–H groups in total. The van der Waals surface area contributed by atoms with Crippen molar-refractivity contribution in [2.45, 2.75) is 26.4 Å². The molecule has 0 unspecified atom stereocenters. The molecule has 0 aliphatic rings. The number of anilines is 2. The molecular formula is C18H18BrN7S. The van der Waals surface area contributed by atoms with Gasteiger partial charge in [-0.05, 0) is 35.3 Å². The lowest BCUT2D eigenvalue weighted by atomic mass is 10.2. The average molecular weight is 444 g/mol. The molecule has 7 nitrogen and oxygen atoms in total. The fourth-order valence-electron chi connectivity index (χ4n) is 2.62. The molecule has 0 saturated heterocycles. The normalized spacial score (nSPS) is 12.3. The third kappa shape index (κ3) is 4.09. The number of nitrogens with zero attached hydrogens (tertiary/aromatic N) is 6. The van der Waals surface area contributed by atoms with Gasteiger partial charge in [0.1, 0.15) is 11.0 Å². The maximum absolute atomic E-state index is 4.55. The van der Waals surface area contributed by atoms with Crippen molar-refractivity contribution in [1.82, 2.24) is 29.8 Å². The van der Waals surface area contributed by atoms with Gasteiger partial charge in [0.15, 0.2) is 5.82 Å². The molecule has 138 valence electrons. The van der Waals surface area contributed by atoms with Crippen LogP contribution in [0.5, 0.6) is 0 Å². The largest absolute Gasteiger partial charge is 0.313 e. The molecule has 0 fully saturated rings. The second kappa shape index (κ2) is 7.61. The van der Waals surface area contributed by atoms with Crippen molar-refractivity contribution in [3.05, 3.63) is 69.5 Å². The van der Waals surface area contributed by atoms with Gasteiger partial charge in [-0.1, -0.05) is 41.7 Å². The number of rotatable bonds is 6. The van der Waals surface area contributed by atoms with E-state index in [1.54, 1.807) is 0 Å². The number of benzene rings is 1. The molecule has 0 aliphatic heterocycles. The lowest BCUT2D eigenvalue weighted by Crippen LogP contribution is -2.07. The number of aromatic nitrogens is 6. The van der Waals surface area contributed by atoms with Crippen molar-refractivity contribution in [2.75, 3.05) is 5.32 Å². The van der Waals surface area contributed by atoms with Crippen molar-refractivity contribution in [1.29, 1.82) is 0 Å². The summed E-state index contributed by atoms with van der Waals surface area (Å²) in [5.41, 5.74) is 2.16. The summed E-state index contributed by atoms with van der Waals surface area (Å²) in [4.78, 5) is 0. The van der Waals surface area contributed by atoms with E-state index in [4.69, 9.17) is 0 Å². The summed E-state index contributed by atoms with van der Waals surface area (Å²) in [5.74, 6) is 0.749. The molecule has 0 bridgehead atoms. The molecule has 27 heavy (non-hydrogen) atoms. The first-order chi connectivity index (χ1) is 13.1. The topological polar surface area (TPSA) is 73.5 Å². The van der Waals surface area contributed by atoms with Crippen LogP contribution in [0.25, 0.3) is 0 Å². The van der Waals surface area contributed by atoms with Crippen LogP contribution >= 0.6 is 27.3 Å². The third-order valence-corrected chi connectivity index (χ3v) is 5.90. The smallest absolute Gasteiger partial charge is 0.211 e. The van der Waals surface area contributed by atoms with E-state index in [1.165, 1.54) is 16.9 Å². The summed E-state index contributed by atoms with van der Waals surface area (Å²) >= 11 is 4.99. The van der Waals surface area contributed by atoms with Crippen molar-refractivity contribution >= 4 is 38.2 Å². The molecule has 4 aromatic rings. The van der Waals surface area contributed by atoms with Crippen LogP contribution < -0.4 is 5.32 Å². The Morgan fingerprint density at radius 1 is 1.15 bits per heavy atom. The van der Waals surface area contributed by atoms with Gasteiger partial charge in [0.05, 0.1) is 16.7 Å². The molecule has 0 amide bonds. The monoisotopic (exact) mass is 443 g/mol. The van der Waals surface area contributed by atoms with Crippen LogP contribution in [0.15, 0.2) is 53.3 Å². The van der Waals surface area contributed by atoms with Gasteiger partial charge in [0.2, 0.25) is 5.13 Å². The van der Waals surface area contributed by atoms with Crippen LogP contribution in [0.1, 0.15) is 29.2 Å². The second-order valence-corrected chi connectivity index (χ2v) is 8.04. The number of nitrogens with one attached hydrogen (secondary N) is 1. The van der Waals surface area contributed by atoms with Gasteiger partial charge < -0.3 is 5.32 Å². The Balaban J connectivity index is 1.43. The Labute approximate surface area is 169 Å². The van der Waals surface area contributed by atoms with Gasteiger partial charge in [0, 0.05) is 18.5 Å². The fraction of sp³-hybridized carbons (Fsp3) is 0.222. The number of hydrogen-bond acceptors (Lipinski definition) is 6. The van der Waals surface area contributed by atoms with Crippen molar-refractivity contribution in [3.8, 4) is 0 Å². The van der Waals surface area contributed by atoms with Gasteiger partial charge in [-0.15, -0.1) is 10.2 Å². The molecule has 0 aliphatic carbocycles. The molecule has 1 aromatic carbocycles. The van der Waals surface area contributed by atoms with Crippen molar-refractivity contribution in [3.63, 3.8) is 0 Å². The summed E-state index contributed by atoms with van der Waals surface area (Å²) < 4.78 is 4.77. The highest BCUT2D eigenvalue weighted by molar-refractivity contribution is 9.10. The zero-order valence-electron chi connectivity index (χ0n) is 14.9. The molecule has 3 aromatic heterocycles. The summed E-state index contributed by atoms with van der Waals surface area (Å²) in [6.07, 6.45) is 3.91. The zero-order chi connectivity index (χ0) is 18.8. The van der Waals surface area contributed by atoms with E-state index in [0.717, 1.165) is 27.5 Å². The SMILES string of the molecule is Cc1nn([C@@H](C)c2nnc(Nc3ccn(Cc4ccccc4)n3)s2)cc1Br. The van der Waals surface area contributed by atoms with E-state index >= 15 is 0 Å². The van der Waals surface area contributed by atoms with Gasteiger partial charge in [-0.2, -0.15) is 10.2 Å². The Kier molecular flexibility index (Phi) is 5.04. The van der Waals surface area contributed by atoms with E-state index < -0.39 is 0 Å². The Morgan fingerprint density at radius 3 is 2.70 bits per heavy atom. The Hall–Kier alpha value is -2.52. The van der Waals surface area contributed by atoms with E-state index in [1.807, 2.05) is 52.9 Å². The highest BCUT2D eigenvalue weighted by Crippen LogP contribution is 2.27. The summed E-state index contributed by atoms with van der Waals surface area (Å²) in [6.45, 7) is 4.75. The standard InChI is InChI=1S/C18H18BrN7S/c1-12-15(19)11-26(23-12)13(2)17-21-22-18(27-17)20-16-8-9-25(24-16)10-14-6-4-3-5-7-14/h3-9,11,13H,10H2,1-2H3,(H,20,22,24)/t13-/m0/s1. The minimum atomic E-state index is 0.0127. The summed E-state index contributed by atoms with van der Waals surface area (Å²) in [7, 11) is 0.